The molecule has 0 aliphatic heterocycles. The van der Waals surface area contributed by atoms with E-state index >= 15 is 0 Å². The number of hydrogen-bond acceptors (Lipinski definition) is 4. The summed E-state index contributed by atoms with van der Waals surface area (Å²) in [6, 6.07) is 12.7. The van der Waals surface area contributed by atoms with Gasteiger partial charge in [-0.1, -0.05) is 30.3 Å². The van der Waals surface area contributed by atoms with Crippen LogP contribution in [0, 0.1) is 11.3 Å². The van der Waals surface area contributed by atoms with Gasteiger partial charge in [0.15, 0.2) is 0 Å². The van der Waals surface area contributed by atoms with E-state index in [1.54, 1.807) is 6.92 Å². The smallest absolute Gasteiger partial charge is 0.260 e. The number of rotatable bonds is 8. The molecule has 0 radical (unpaired) electrons. The zero-order valence-corrected chi connectivity index (χ0v) is 14.4. The van der Waals surface area contributed by atoms with Crippen LogP contribution in [0.25, 0.3) is 0 Å². The molecular formula is C16H25N2O2P. The van der Waals surface area contributed by atoms with Crippen molar-refractivity contribution in [2.45, 2.75) is 59.4 Å². The van der Waals surface area contributed by atoms with Crippen molar-refractivity contribution in [2.24, 2.45) is 0 Å². The highest BCUT2D eigenvalue weighted by Crippen LogP contribution is 2.47. The van der Waals surface area contributed by atoms with Crippen molar-refractivity contribution in [1.29, 1.82) is 5.26 Å². The van der Waals surface area contributed by atoms with Gasteiger partial charge in [0.05, 0.1) is 12.7 Å². The zero-order chi connectivity index (χ0) is 15.8. The van der Waals surface area contributed by atoms with Crippen molar-refractivity contribution in [3.05, 3.63) is 35.9 Å². The predicted octanol–water partition coefficient (Wildman–Crippen LogP) is 4.48. The maximum Gasteiger partial charge on any atom is 0.260 e. The van der Waals surface area contributed by atoms with E-state index in [0.29, 0.717) is 6.61 Å². The molecule has 116 valence electrons. The quantitative estimate of drug-likeness (QED) is 0.664. The lowest BCUT2D eigenvalue weighted by Gasteiger charge is -2.36. The molecule has 0 aliphatic rings. The Balaban J connectivity index is 2.78. The van der Waals surface area contributed by atoms with Crippen LogP contribution in [0.4, 0.5) is 0 Å². The van der Waals surface area contributed by atoms with Gasteiger partial charge in [-0.05, 0) is 40.2 Å². The molecule has 0 bridgehead atoms. The summed E-state index contributed by atoms with van der Waals surface area (Å²) < 4.78 is 14.0. The maximum atomic E-state index is 8.99. The lowest BCUT2D eigenvalue weighted by molar-refractivity contribution is 0.156. The number of nitrogens with zero attached hydrogens (tertiary/aromatic N) is 2. The Morgan fingerprint density at radius 2 is 1.67 bits per heavy atom. The molecule has 2 atom stereocenters. The Labute approximate surface area is 129 Å². The molecule has 0 spiro atoms. The first kappa shape index (κ1) is 18.1. The molecule has 2 unspecified atom stereocenters. The molecule has 0 amide bonds. The topological polar surface area (TPSA) is 45.5 Å². The van der Waals surface area contributed by atoms with E-state index in [1.165, 1.54) is 0 Å². The normalized spacial score (nSPS) is 14.4. The van der Waals surface area contributed by atoms with Crippen LogP contribution in [0.3, 0.4) is 0 Å². The molecule has 1 rings (SSSR count). The molecule has 1 aromatic carbocycles. The number of nitriles is 1. The molecule has 0 heterocycles. The Morgan fingerprint density at radius 3 is 2.14 bits per heavy atom. The number of benzene rings is 1. The minimum Gasteiger partial charge on any atom is -0.317 e. The summed E-state index contributed by atoms with van der Waals surface area (Å²) >= 11 is 0. The molecule has 0 N–H and O–H groups in total. The van der Waals surface area contributed by atoms with Gasteiger partial charge >= 0.3 is 0 Å². The fraction of sp³-hybridized carbons (Fsp3) is 0.562. The van der Waals surface area contributed by atoms with Crippen LogP contribution in [0.15, 0.2) is 30.3 Å². The molecule has 0 aromatic heterocycles. The second kappa shape index (κ2) is 9.12. The Morgan fingerprint density at radius 1 is 1.10 bits per heavy atom. The van der Waals surface area contributed by atoms with Crippen molar-refractivity contribution < 1.29 is 9.05 Å². The van der Waals surface area contributed by atoms with Crippen molar-refractivity contribution >= 4 is 8.53 Å². The summed E-state index contributed by atoms with van der Waals surface area (Å²) in [7, 11) is -1.26. The molecule has 21 heavy (non-hydrogen) atoms. The van der Waals surface area contributed by atoms with E-state index in [0.717, 1.165) is 5.56 Å². The van der Waals surface area contributed by atoms with Crippen molar-refractivity contribution in [3.63, 3.8) is 0 Å². The van der Waals surface area contributed by atoms with Crippen LogP contribution in [0.1, 0.15) is 40.2 Å². The van der Waals surface area contributed by atoms with Gasteiger partial charge in [-0.3, -0.25) is 0 Å². The van der Waals surface area contributed by atoms with Gasteiger partial charge in [-0.25, -0.2) is 4.67 Å². The van der Waals surface area contributed by atoms with Crippen molar-refractivity contribution in [1.82, 2.24) is 4.67 Å². The lowest BCUT2D eigenvalue weighted by Crippen LogP contribution is -2.34. The van der Waals surface area contributed by atoms with E-state index in [1.807, 2.05) is 30.3 Å². The fourth-order valence-corrected chi connectivity index (χ4v) is 3.62. The molecule has 0 aliphatic carbocycles. The first-order valence-corrected chi connectivity index (χ1v) is 8.40. The van der Waals surface area contributed by atoms with Crippen LogP contribution in [-0.4, -0.2) is 22.9 Å². The van der Waals surface area contributed by atoms with Gasteiger partial charge in [-0.15, -0.1) is 0 Å². The molecule has 4 nitrogen and oxygen atoms in total. The van der Waals surface area contributed by atoms with Crippen LogP contribution in [-0.2, 0) is 15.7 Å². The first-order valence-electron chi connectivity index (χ1n) is 7.27. The Kier molecular flexibility index (Phi) is 7.85. The van der Waals surface area contributed by atoms with Gasteiger partial charge in [0.2, 0.25) is 0 Å². The van der Waals surface area contributed by atoms with Crippen LogP contribution >= 0.6 is 8.53 Å². The van der Waals surface area contributed by atoms with Gasteiger partial charge in [0.1, 0.15) is 6.10 Å². The van der Waals surface area contributed by atoms with Gasteiger partial charge in [0.25, 0.3) is 8.53 Å². The molecule has 0 fully saturated rings. The highest BCUT2D eigenvalue weighted by molar-refractivity contribution is 7.44. The van der Waals surface area contributed by atoms with Gasteiger partial charge in [-0.2, -0.15) is 5.26 Å². The van der Waals surface area contributed by atoms with Gasteiger partial charge in [0, 0.05) is 12.1 Å². The largest absolute Gasteiger partial charge is 0.317 e. The van der Waals surface area contributed by atoms with E-state index in [4.69, 9.17) is 14.3 Å². The standard InChI is InChI=1S/C16H25N2O2P/c1-13(2)18(14(3)4)21(20-15(5)11-17)19-12-16-9-7-6-8-10-16/h6-10,13-15H,12H2,1-5H3. The highest BCUT2D eigenvalue weighted by Gasteiger charge is 2.28. The monoisotopic (exact) mass is 308 g/mol. The summed E-state index contributed by atoms with van der Waals surface area (Å²) in [5, 5.41) is 8.99. The zero-order valence-electron chi connectivity index (χ0n) is 13.5. The first-order chi connectivity index (χ1) is 9.95. The minimum atomic E-state index is -1.26. The second-order valence-corrected chi connectivity index (χ2v) is 6.85. The summed E-state index contributed by atoms with van der Waals surface area (Å²) in [6.45, 7) is 10.7. The van der Waals surface area contributed by atoms with E-state index in [9.17, 15) is 0 Å². The summed E-state index contributed by atoms with van der Waals surface area (Å²) in [5.74, 6) is 0. The minimum absolute atomic E-state index is 0.290. The summed E-state index contributed by atoms with van der Waals surface area (Å²) in [4.78, 5) is 0. The SMILES string of the molecule is CC(C#N)OP(OCc1ccccc1)N(C(C)C)C(C)C. The Hall–Kier alpha value is -0.980. The van der Waals surface area contributed by atoms with Crippen molar-refractivity contribution in [2.75, 3.05) is 0 Å². The summed E-state index contributed by atoms with van der Waals surface area (Å²) in [6.07, 6.45) is -0.480. The van der Waals surface area contributed by atoms with Crippen LogP contribution < -0.4 is 0 Å². The number of hydrogen-bond donors (Lipinski definition) is 0. The average Bonchev–Trinajstić information content (AvgIpc) is 2.44. The molecule has 1 aromatic rings. The third-order valence-corrected chi connectivity index (χ3v) is 5.01. The highest BCUT2D eigenvalue weighted by atomic mass is 31.2. The van der Waals surface area contributed by atoms with Gasteiger partial charge < -0.3 is 9.05 Å². The third-order valence-electron chi connectivity index (χ3n) is 2.86. The lowest BCUT2D eigenvalue weighted by atomic mass is 10.2. The van der Waals surface area contributed by atoms with E-state index in [2.05, 4.69) is 38.4 Å². The van der Waals surface area contributed by atoms with E-state index < -0.39 is 14.6 Å². The molecular weight excluding hydrogens is 283 g/mol. The van der Waals surface area contributed by atoms with Crippen LogP contribution in [0.5, 0.6) is 0 Å². The molecule has 5 heteroatoms. The van der Waals surface area contributed by atoms with Crippen LogP contribution in [0.2, 0.25) is 0 Å². The Bertz CT molecular complexity index is 437. The maximum absolute atomic E-state index is 8.99. The average molecular weight is 308 g/mol. The van der Waals surface area contributed by atoms with E-state index in [-0.39, 0.29) is 12.1 Å². The molecule has 0 saturated heterocycles. The summed E-state index contributed by atoms with van der Waals surface area (Å²) in [5.41, 5.74) is 1.10. The van der Waals surface area contributed by atoms with Crippen molar-refractivity contribution in [3.8, 4) is 6.07 Å². The molecule has 0 saturated carbocycles. The second-order valence-electron chi connectivity index (χ2n) is 5.44. The fourth-order valence-electron chi connectivity index (χ4n) is 1.99. The predicted molar refractivity (Wildman–Crippen MR) is 86.4 cm³/mol. The third kappa shape index (κ3) is 6.11.